The summed E-state index contributed by atoms with van der Waals surface area (Å²) in [6.45, 7) is 1.14. The Hall–Kier alpha value is -3.16. The molecule has 0 radical (unpaired) electrons. The molecule has 0 spiro atoms. The summed E-state index contributed by atoms with van der Waals surface area (Å²) in [6, 6.07) is 3.60. The zero-order chi connectivity index (χ0) is 26.5. The molecule has 0 aliphatic rings. The lowest BCUT2D eigenvalue weighted by atomic mass is 10.1. The third-order valence-electron chi connectivity index (χ3n) is 4.94. The van der Waals surface area contributed by atoms with Gasteiger partial charge in [0.1, 0.15) is 12.1 Å². The van der Waals surface area contributed by atoms with Crippen molar-refractivity contribution in [2.45, 2.75) is 56.5 Å². The van der Waals surface area contributed by atoms with Crippen molar-refractivity contribution < 1.29 is 39.3 Å². The highest BCUT2D eigenvalue weighted by atomic mass is 32.2. The molecule has 12 nitrogen and oxygen atoms in total. The molecular weight excluding hydrogens is 480 g/mol. The number of carboxylic acids is 2. The molecule has 35 heavy (non-hydrogen) atoms. The van der Waals surface area contributed by atoms with Gasteiger partial charge in [-0.2, -0.15) is 11.8 Å². The third-order valence-corrected chi connectivity index (χ3v) is 5.58. The van der Waals surface area contributed by atoms with Crippen LogP contribution in [0.4, 0.5) is 0 Å². The van der Waals surface area contributed by atoms with Crippen LogP contribution in [0.25, 0.3) is 0 Å². The van der Waals surface area contributed by atoms with Gasteiger partial charge in [-0.1, -0.05) is 30.3 Å². The Balaban J connectivity index is 2.94. The molecule has 1 aromatic rings. The van der Waals surface area contributed by atoms with Crippen LogP contribution in [0.1, 0.15) is 25.3 Å². The summed E-state index contributed by atoms with van der Waals surface area (Å²) < 4.78 is 0. The van der Waals surface area contributed by atoms with Gasteiger partial charge in [-0.25, -0.2) is 4.79 Å². The van der Waals surface area contributed by atoms with E-state index in [0.717, 1.165) is 12.5 Å². The van der Waals surface area contributed by atoms with Gasteiger partial charge in [0.05, 0.1) is 18.6 Å². The average molecular weight is 513 g/mol. The van der Waals surface area contributed by atoms with Crippen LogP contribution in [0, 0.1) is 0 Å². The second-order valence-corrected chi connectivity index (χ2v) is 8.85. The number of aliphatic hydroxyl groups is 1. The van der Waals surface area contributed by atoms with Crippen LogP contribution in [0.15, 0.2) is 30.3 Å². The lowest BCUT2D eigenvalue weighted by Gasteiger charge is -2.25. The van der Waals surface area contributed by atoms with Crippen LogP contribution in [0.3, 0.4) is 0 Å². The fraction of sp³-hybridized carbons (Fsp3) is 0.500. The number of aliphatic hydroxyl groups excluding tert-OH is 1. The average Bonchev–Trinajstić information content (AvgIpc) is 2.79. The van der Waals surface area contributed by atoms with Crippen LogP contribution in [0.5, 0.6) is 0 Å². The Morgan fingerprint density at radius 1 is 0.943 bits per heavy atom. The van der Waals surface area contributed by atoms with Crippen LogP contribution in [-0.2, 0) is 30.4 Å². The van der Waals surface area contributed by atoms with E-state index >= 15 is 0 Å². The highest BCUT2D eigenvalue weighted by molar-refractivity contribution is 7.98. The fourth-order valence-corrected chi connectivity index (χ4v) is 3.51. The quantitative estimate of drug-likeness (QED) is 0.148. The maximum Gasteiger partial charge on any atom is 0.328 e. The van der Waals surface area contributed by atoms with E-state index < -0.39 is 66.4 Å². The zero-order valence-electron chi connectivity index (χ0n) is 19.5. The molecule has 0 aliphatic heterocycles. The van der Waals surface area contributed by atoms with Crippen molar-refractivity contribution in [3.63, 3.8) is 0 Å². The molecule has 0 heterocycles. The largest absolute Gasteiger partial charge is 0.481 e. The summed E-state index contributed by atoms with van der Waals surface area (Å²) in [4.78, 5) is 60.5. The second kappa shape index (κ2) is 15.0. The lowest BCUT2D eigenvalue weighted by Crippen LogP contribution is -2.58. The molecule has 0 aliphatic carbocycles. The monoisotopic (exact) mass is 512 g/mol. The number of rotatable bonds is 15. The number of carboxylic acid groups (broad SMARTS) is 2. The first-order chi connectivity index (χ1) is 16.5. The first kappa shape index (κ1) is 29.9. The number of carbonyl (C=O) groups excluding carboxylic acids is 3. The Labute approximate surface area is 207 Å². The smallest absolute Gasteiger partial charge is 0.328 e. The number of thioether (sulfide) groups is 1. The fourth-order valence-electron chi connectivity index (χ4n) is 3.04. The number of nitrogens with two attached hydrogens (primary N) is 1. The first-order valence-corrected chi connectivity index (χ1v) is 12.2. The standard InChI is InChI=1S/C22H32N4O8S/c1-12(27)18(22(33)34)26-21(32)16(11-17(28)29)25-20(31)15(8-9-35-2)24-19(30)14(23)10-13-6-4-3-5-7-13/h3-7,12,14-16,18,27H,8-11,23H2,1-2H3,(H,24,30)(H,25,31)(H,26,32)(H,28,29)(H,33,34). The van der Waals surface area contributed by atoms with Gasteiger partial charge in [-0.3, -0.25) is 19.2 Å². The van der Waals surface area contributed by atoms with Gasteiger partial charge in [0, 0.05) is 0 Å². The van der Waals surface area contributed by atoms with E-state index in [9.17, 15) is 29.1 Å². The predicted molar refractivity (Wildman–Crippen MR) is 128 cm³/mol. The normalized spacial score (nSPS) is 15.1. The summed E-state index contributed by atoms with van der Waals surface area (Å²) >= 11 is 1.41. The van der Waals surface area contributed by atoms with Gasteiger partial charge in [-0.15, -0.1) is 0 Å². The zero-order valence-corrected chi connectivity index (χ0v) is 20.3. The SMILES string of the molecule is CSCCC(NC(=O)C(N)Cc1ccccc1)C(=O)NC(CC(=O)O)C(=O)NC(C(=O)O)C(C)O. The molecule has 0 saturated heterocycles. The number of hydrogen-bond donors (Lipinski definition) is 7. The molecule has 194 valence electrons. The van der Waals surface area contributed by atoms with Crippen LogP contribution in [0.2, 0.25) is 0 Å². The van der Waals surface area contributed by atoms with Crippen molar-refractivity contribution in [2.24, 2.45) is 5.73 Å². The Kier molecular flexibility index (Phi) is 12.8. The summed E-state index contributed by atoms with van der Waals surface area (Å²) in [5.74, 6) is -5.04. The molecule has 1 aromatic carbocycles. The summed E-state index contributed by atoms with van der Waals surface area (Å²) in [6.07, 6.45) is -0.133. The highest BCUT2D eigenvalue weighted by Gasteiger charge is 2.32. The Bertz CT molecular complexity index is 883. The maximum absolute atomic E-state index is 12.9. The molecule has 5 atom stereocenters. The topological polar surface area (TPSA) is 208 Å². The molecule has 3 amide bonds. The predicted octanol–water partition coefficient (Wildman–Crippen LogP) is -1.30. The van der Waals surface area contributed by atoms with Crippen LogP contribution in [-0.4, -0.2) is 87.3 Å². The number of nitrogens with one attached hydrogen (secondary N) is 3. The van der Waals surface area contributed by atoms with Gasteiger partial charge in [0.25, 0.3) is 0 Å². The number of benzene rings is 1. The maximum atomic E-state index is 12.9. The van der Waals surface area contributed by atoms with Crippen molar-refractivity contribution in [2.75, 3.05) is 12.0 Å². The molecule has 0 bridgehead atoms. The summed E-state index contributed by atoms with van der Waals surface area (Å²) in [5, 5.41) is 34.7. The van der Waals surface area contributed by atoms with E-state index in [1.54, 1.807) is 30.5 Å². The molecule has 5 unspecified atom stereocenters. The third kappa shape index (κ3) is 10.8. The van der Waals surface area contributed by atoms with Crippen molar-refractivity contribution in [3.05, 3.63) is 35.9 Å². The van der Waals surface area contributed by atoms with Crippen molar-refractivity contribution in [1.29, 1.82) is 0 Å². The molecule has 0 saturated carbocycles. The minimum absolute atomic E-state index is 0.170. The summed E-state index contributed by atoms with van der Waals surface area (Å²) in [5.41, 5.74) is 6.81. The second-order valence-electron chi connectivity index (χ2n) is 7.86. The van der Waals surface area contributed by atoms with Gasteiger partial charge < -0.3 is 37.0 Å². The van der Waals surface area contributed by atoms with Crippen LogP contribution >= 0.6 is 11.8 Å². The minimum atomic E-state index is -1.71. The van der Waals surface area contributed by atoms with E-state index in [-0.39, 0.29) is 12.8 Å². The van der Waals surface area contributed by atoms with Crippen molar-refractivity contribution in [1.82, 2.24) is 16.0 Å². The lowest BCUT2D eigenvalue weighted by molar-refractivity contribution is -0.146. The van der Waals surface area contributed by atoms with E-state index in [2.05, 4.69) is 10.6 Å². The van der Waals surface area contributed by atoms with Crippen LogP contribution < -0.4 is 21.7 Å². The minimum Gasteiger partial charge on any atom is -0.481 e. The van der Waals surface area contributed by atoms with E-state index in [0.29, 0.717) is 5.75 Å². The molecule has 1 rings (SSSR count). The van der Waals surface area contributed by atoms with Crippen molar-refractivity contribution in [3.8, 4) is 0 Å². The van der Waals surface area contributed by atoms with E-state index in [4.69, 9.17) is 15.9 Å². The van der Waals surface area contributed by atoms with Gasteiger partial charge in [0.15, 0.2) is 6.04 Å². The molecule has 0 aromatic heterocycles. The molecule has 0 fully saturated rings. The van der Waals surface area contributed by atoms with Gasteiger partial charge >= 0.3 is 11.9 Å². The van der Waals surface area contributed by atoms with E-state index in [1.807, 2.05) is 11.4 Å². The summed E-state index contributed by atoms with van der Waals surface area (Å²) in [7, 11) is 0. The number of carbonyl (C=O) groups is 5. The van der Waals surface area contributed by atoms with Gasteiger partial charge in [0.2, 0.25) is 17.7 Å². The number of hydrogen-bond acceptors (Lipinski definition) is 8. The first-order valence-electron chi connectivity index (χ1n) is 10.8. The molecule has 13 heteroatoms. The van der Waals surface area contributed by atoms with E-state index in [1.165, 1.54) is 11.8 Å². The number of amides is 3. The molecule has 8 N–H and O–H groups in total. The number of aliphatic carboxylic acids is 2. The highest BCUT2D eigenvalue weighted by Crippen LogP contribution is 2.06. The van der Waals surface area contributed by atoms with Crippen molar-refractivity contribution >= 4 is 41.4 Å². The molecular formula is C22H32N4O8S. The Morgan fingerprint density at radius 2 is 1.51 bits per heavy atom. The Morgan fingerprint density at radius 3 is 2.03 bits per heavy atom. The van der Waals surface area contributed by atoms with Gasteiger partial charge in [-0.05, 0) is 37.3 Å².